The van der Waals surface area contributed by atoms with E-state index in [1.165, 1.54) is 20.7 Å². The van der Waals surface area contributed by atoms with Gasteiger partial charge in [0.2, 0.25) is 26.0 Å². The number of benzene rings is 2. The van der Waals surface area contributed by atoms with Crippen LogP contribution in [0.5, 0.6) is 0 Å². The predicted molar refractivity (Wildman–Crippen MR) is 134 cm³/mol. The van der Waals surface area contributed by atoms with Crippen LogP contribution in [0.3, 0.4) is 0 Å². The summed E-state index contributed by atoms with van der Waals surface area (Å²) < 4.78 is 54.7. The summed E-state index contributed by atoms with van der Waals surface area (Å²) in [7, 11) is -5.30. The second-order valence-corrected chi connectivity index (χ2v) is 13.1. The van der Waals surface area contributed by atoms with E-state index in [1.54, 1.807) is 36.4 Å². The Balaban J connectivity index is 1.40. The van der Waals surface area contributed by atoms with E-state index >= 15 is 0 Å². The molecule has 4 rings (SSSR count). The van der Waals surface area contributed by atoms with Crippen LogP contribution in [0.25, 0.3) is 0 Å². The SMILES string of the molecule is Cc1ccc(S(=O)(=O)N2CCCC(C(=O)Nc3ccc(S(=O)(=O)N4CCN(C)CC4)cc3)C2)cc1. The molecule has 0 aliphatic carbocycles. The van der Waals surface area contributed by atoms with E-state index in [0.29, 0.717) is 51.3 Å². The number of carbonyl (C=O) groups is 1. The first-order chi connectivity index (χ1) is 16.6. The van der Waals surface area contributed by atoms with E-state index < -0.39 is 26.0 Å². The van der Waals surface area contributed by atoms with Crippen molar-refractivity contribution in [3.05, 3.63) is 54.1 Å². The lowest BCUT2D eigenvalue weighted by Gasteiger charge is -2.31. The van der Waals surface area contributed by atoms with E-state index in [2.05, 4.69) is 10.2 Å². The molecule has 1 N–H and O–H groups in total. The quantitative estimate of drug-likeness (QED) is 0.624. The molecule has 0 aromatic heterocycles. The molecule has 1 unspecified atom stereocenters. The number of aryl methyl sites for hydroxylation is 1. The average Bonchev–Trinajstić information content (AvgIpc) is 2.85. The molecule has 0 spiro atoms. The highest BCUT2D eigenvalue weighted by Gasteiger charge is 2.33. The molecular formula is C24H32N4O5S2. The average molecular weight is 521 g/mol. The van der Waals surface area contributed by atoms with Crippen molar-refractivity contribution in [2.24, 2.45) is 5.92 Å². The number of hydrogen-bond donors (Lipinski definition) is 1. The zero-order valence-corrected chi connectivity index (χ0v) is 21.7. The third kappa shape index (κ3) is 5.75. The van der Waals surface area contributed by atoms with Gasteiger partial charge < -0.3 is 10.2 Å². The number of carbonyl (C=O) groups excluding carboxylic acids is 1. The summed E-state index contributed by atoms with van der Waals surface area (Å²) in [6.45, 7) is 4.64. The summed E-state index contributed by atoms with van der Waals surface area (Å²) in [6, 6.07) is 12.8. The Hall–Kier alpha value is -2.31. The van der Waals surface area contributed by atoms with Crippen LogP contribution in [0.2, 0.25) is 0 Å². The van der Waals surface area contributed by atoms with E-state index in [4.69, 9.17) is 0 Å². The molecular weight excluding hydrogens is 488 g/mol. The van der Waals surface area contributed by atoms with E-state index in [-0.39, 0.29) is 22.2 Å². The Bertz CT molecular complexity index is 1250. The van der Waals surface area contributed by atoms with Crippen molar-refractivity contribution in [3.63, 3.8) is 0 Å². The summed E-state index contributed by atoms with van der Waals surface area (Å²) in [4.78, 5) is 15.4. The van der Waals surface area contributed by atoms with Crippen molar-refractivity contribution >= 4 is 31.6 Å². The highest BCUT2D eigenvalue weighted by molar-refractivity contribution is 7.89. The Kier molecular flexibility index (Phi) is 7.62. The van der Waals surface area contributed by atoms with Crippen molar-refractivity contribution in [3.8, 4) is 0 Å². The van der Waals surface area contributed by atoms with Crippen LogP contribution in [-0.2, 0) is 24.8 Å². The van der Waals surface area contributed by atoms with Gasteiger partial charge in [0.15, 0.2) is 0 Å². The fourth-order valence-corrected chi connectivity index (χ4v) is 7.31. The van der Waals surface area contributed by atoms with Gasteiger partial charge in [-0.2, -0.15) is 8.61 Å². The molecule has 35 heavy (non-hydrogen) atoms. The maximum absolute atomic E-state index is 13.0. The molecule has 2 heterocycles. The van der Waals surface area contributed by atoms with Crippen LogP contribution < -0.4 is 5.32 Å². The summed E-state index contributed by atoms with van der Waals surface area (Å²) in [5.74, 6) is -0.763. The number of piperidine rings is 1. The highest BCUT2D eigenvalue weighted by atomic mass is 32.2. The lowest BCUT2D eigenvalue weighted by Crippen LogP contribution is -2.47. The number of nitrogens with one attached hydrogen (secondary N) is 1. The van der Waals surface area contributed by atoms with Gasteiger partial charge in [-0.15, -0.1) is 0 Å². The van der Waals surface area contributed by atoms with Crippen LogP contribution in [0.15, 0.2) is 58.3 Å². The molecule has 1 amide bonds. The third-order valence-electron chi connectivity index (χ3n) is 6.64. The van der Waals surface area contributed by atoms with E-state index in [1.807, 2.05) is 14.0 Å². The minimum Gasteiger partial charge on any atom is -0.326 e. The number of nitrogens with zero attached hydrogens (tertiary/aromatic N) is 3. The fraction of sp³-hybridized carbons (Fsp3) is 0.458. The Morgan fingerprint density at radius 1 is 0.800 bits per heavy atom. The standard InChI is InChI=1S/C24H32N4O5S2/c1-19-5-9-22(10-6-19)35(32,33)28-13-3-4-20(18-28)24(29)25-21-7-11-23(12-8-21)34(30,31)27-16-14-26(2)15-17-27/h5-12,20H,3-4,13-18H2,1-2H3,(H,25,29). The molecule has 2 aromatic carbocycles. The monoisotopic (exact) mass is 520 g/mol. The largest absolute Gasteiger partial charge is 0.326 e. The van der Waals surface area contributed by atoms with E-state index in [0.717, 1.165) is 5.56 Å². The second kappa shape index (κ2) is 10.4. The molecule has 0 saturated carbocycles. The number of anilines is 1. The molecule has 190 valence electrons. The maximum atomic E-state index is 13.0. The number of rotatable bonds is 6. The number of piperazine rings is 1. The first-order valence-corrected chi connectivity index (χ1v) is 14.6. The number of sulfonamides is 2. The summed E-state index contributed by atoms with van der Waals surface area (Å²) >= 11 is 0. The van der Waals surface area contributed by atoms with Crippen molar-refractivity contribution in [2.75, 3.05) is 51.6 Å². The molecule has 2 aliphatic heterocycles. The predicted octanol–water partition coefficient (Wildman–Crippen LogP) is 1.97. The van der Waals surface area contributed by atoms with Gasteiger partial charge >= 0.3 is 0 Å². The molecule has 2 aliphatic rings. The van der Waals surface area contributed by atoms with Crippen molar-refractivity contribution in [1.82, 2.24) is 13.5 Å². The van der Waals surface area contributed by atoms with Gasteiger partial charge in [-0.05, 0) is 63.2 Å². The molecule has 2 fully saturated rings. The van der Waals surface area contributed by atoms with Crippen molar-refractivity contribution < 1.29 is 21.6 Å². The topological polar surface area (TPSA) is 107 Å². The van der Waals surface area contributed by atoms with Crippen LogP contribution in [0.1, 0.15) is 18.4 Å². The molecule has 0 radical (unpaired) electrons. The molecule has 2 saturated heterocycles. The summed E-state index contributed by atoms with van der Waals surface area (Å²) in [6.07, 6.45) is 1.17. The minimum atomic E-state index is -3.68. The first-order valence-electron chi connectivity index (χ1n) is 11.7. The first kappa shape index (κ1) is 25.8. The lowest BCUT2D eigenvalue weighted by atomic mass is 9.99. The molecule has 2 aromatic rings. The van der Waals surface area contributed by atoms with Crippen LogP contribution in [0, 0.1) is 12.8 Å². The fourth-order valence-electron chi connectivity index (χ4n) is 4.37. The molecule has 1 atom stereocenters. The van der Waals surface area contributed by atoms with E-state index in [9.17, 15) is 21.6 Å². The molecule has 9 nitrogen and oxygen atoms in total. The van der Waals surface area contributed by atoms with Gasteiger partial charge in [-0.1, -0.05) is 17.7 Å². The second-order valence-electron chi connectivity index (χ2n) is 9.24. The smallest absolute Gasteiger partial charge is 0.243 e. The van der Waals surface area contributed by atoms with Gasteiger partial charge in [-0.25, -0.2) is 16.8 Å². The van der Waals surface area contributed by atoms with Crippen LogP contribution in [-0.4, -0.2) is 82.6 Å². The number of hydrogen-bond acceptors (Lipinski definition) is 6. The summed E-state index contributed by atoms with van der Waals surface area (Å²) in [5.41, 5.74) is 1.45. The van der Waals surface area contributed by atoms with Gasteiger partial charge in [-0.3, -0.25) is 4.79 Å². The number of likely N-dealkylation sites (N-methyl/N-ethyl adjacent to an activating group) is 1. The van der Waals surface area contributed by atoms with Crippen molar-refractivity contribution in [2.45, 2.75) is 29.6 Å². The van der Waals surface area contributed by atoms with Crippen LogP contribution in [0.4, 0.5) is 5.69 Å². The zero-order chi connectivity index (χ0) is 25.2. The zero-order valence-electron chi connectivity index (χ0n) is 20.1. The maximum Gasteiger partial charge on any atom is 0.243 e. The van der Waals surface area contributed by atoms with Crippen LogP contribution >= 0.6 is 0 Å². The summed E-state index contributed by atoms with van der Waals surface area (Å²) in [5, 5.41) is 2.82. The highest BCUT2D eigenvalue weighted by Crippen LogP contribution is 2.26. The lowest BCUT2D eigenvalue weighted by molar-refractivity contribution is -0.120. The number of amides is 1. The Labute approximate surface area is 207 Å². The van der Waals surface area contributed by atoms with Gasteiger partial charge in [0, 0.05) is 45.0 Å². The Morgan fingerprint density at radius 2 is 1.34 bits per heavy atom. The molecule has 11 heteroatoms. The normalized spacial score (nSPS) is 21.0. The van der Waals surface area contributed by atoms with Gasteiger partial charge in [0.05, 0.1) is 15.7 Å². The van der Waals surface area contributed by atoms with Gasteiger partial charge in [0.1, 0.15) is 0 Å². The third-order valence-corrected chi connectivity index (χ3v) is 10.4. The van der Waals surface area contributed by atoms with Gasteiger partial charge in [0.25, 0.3) is 0 Å². The Morgan fingerprint density at radius 3 is 1.94 bits per heavy atom. The molecule has 0 bridgehead atoms. The minimum absolute atomic E-state index is 0.109. The van der Waals surface area contributed by atoms with Crippen molar-refractivity contribution in [1.29, 1.82) is 0 Å².